The lowest BCUT2D eigenvalue weighted by molar-refractivity contribution is 0.478. The molecule has 4 rings (SSSR count). The summed E-state index contributed by atoms with van der Waals surface area (Å²) in [5.74, 6) is 0.118. The highest BCUT2D eigenvalue weighted by atomic mass is 32.1. The molecule has 2 aromatic carbocycles. The van der Waals surface area contributed by atoms with Crippen molar-refractivity contribution in [2.75, 3.05) is 0 Å². The Balaban J connectivity index is 2.22. The van der Waals surface area contributed by atoms with Crippen molar-refractivity contribution in [3.63, 3.8) is 0 Å². The normalized spacial score (nSPS) is 10.9. The number of benzene rings is 2. The van der Waals surface area contributed by atoms with Crippen molar-refractivity contribution < 1.29 is 5.11 Å². The van der Waals surface area contributed by atoms with Crippen molar-refractivity contribution in [1.82, 2.24) is 4.98 Å². The van der Waals surface area contributed by atoms with E-state index in [4.69, 9.17) is 5.26 Å². The fraction of sp³-hybridized carbons (Fsp3) is 0. The quantitative estimate of drug-likeness (QED) is 0.557. The molecule has 0 fully saturated rings. The molecule has 0 unspecified atom stereocenters. The van der Waals surface area contributed by atoms with Gasteiger partial charge in [0.1, 0.15) is 10.4 Å². The predicted molar refractivity (Wildman–Crippen MR) is 91.8 cm³/mol. The summed E-state index contributed by atoms with van der Waals surface area (Å²) < 4.78 is 0.626. The van der Waals surface area contributed by atoms with Crippen LogP contribution in [0.25, 0.3) is 32.1 Å². The van der Waals surface area contributed by atoms with E-state index in [-0.39, 0.29) is 11.3 Å². The van der Waals surface area contributed by atoms with Crippen LogP contribution in [0.3, 0.4) is 0 Å². The van der Waals surface area contributed by atoms with Crippen LogP contribution < -0.4 is 5.56 Å². The summed E-state index contributed by atoms with van der Waals surface area (Å²) >= 11 is 1.37. The smallest absolute Gasteiger partial charge is 0.266 e. The van der Waals surface area contributed by atoms with Crippen LogP contribution in [-0.2, 0) is 0 Å². The lowest BCUT2D eigenvalue weighted by Crippen LogP contribution is -2.04. The molecule has 0 spiro atoms. The Morgan fingerprint density at radius 1 is 1.17 bits per heavy atom. The minimum atomic E-state index is -0.134. The standard InChI is InChI=1S/C18H10N2O2S/c19-9-10-2-1-3-11(8-10)15-14(21)5-4-13-16(15)12-6-7-23-17(12)18(22)20-13/h1-8,21H,(H,20,22). The zero-order chi connectivity index (χ0) is 16.0. The first-order valence-electron chi connectivity index (χ1n) is 6.95. The average Bonchev–Trinajstić information content (AvgIpc) is 3.06. The van der Waals surface area contributed by atoms with E-state index in [0.29, 0.717) is 21.3 Å². The van der Waals surface area contributed by atoms with Gasteiger partial charge in [-0.1, -0.05) is 12.1 Å². The van der Waals surface area contributed by atoms with Gasteiger partial charge in [-0.05, 0) is 41.3 Å². The van der Waals surface area contributed by atoms with Crippen molar-refractivity contribution in [3.8, 4) is 22.9 Å². The van der Waals surface area contributed by atoms with Crippen LogP contribution in [0, 0.1) is 11.3 Å². The van der Waals surface area contributed by atoms with Gasteiger partial charge in [-0.25, -0.2) is 0 Å². The van der Waals surface area contributed by atoms with Gasteiger partial charge in [-0.15, -0.1) is 11.3 Å². The zero-order valence-electron chi connectivity index (χ0n) is 11.8. The number of aromatic amines is 1. The average molecular weight is 318 g/mol. The topological polar surface area (TPSA) is 76.9 Å². The summed E-state index contributed by atoms with van der Waals surface area (Å²) in [6.07, 6.45) is 0. The number of fused-ring (bicyclic) bond motifs is 3. The van der Waals surface area contributed by atoms with Crippen molar-refractivity contribution in [3.05, 3.63) is 63.8 Å². The number of phenols is 1. The van der Waals surface area contributed by atoms with Crippen LogP contribution >= 0.6 is 11.3 Å². The fourth-order valence-corrected chi connectivity index (χ4v) is 3.67. The molecule has 0 saturated carbocycles. The maximum absolute atomic E-state index is 12.1. The number of nitriles is 1. The molecule has 4 nitrogen and oxygen atoms in total. The van der Waals surface area contributed by atoms with E-state index in [1.807, 2.05) is 17.5 Å². The van der Waals surface area contributed by atoms with Crippen LogP contribution in [0.1, 0.15) is 5.56 Å². The second kappa shape index (κ2) is 4.97. The number of hydrogen-bond acceptors (Lipinski definition) is 4. The number of nitrogens with one attached hydrogen (secondary N) is 1. The summed E-state index contributed by atoms with van der Waals surface area (Å²) in [5.41, 5.74) is 2.41. The number of pyridine rings is 1. The number of nitrogens with zero attached hydrogens (tertiary/aromatic N) is 1. The molecule has 0 bridgehead atoms. The monoisotopic (exact) mass is 318 g/mol. The molecule has 5 heteroatoms. The molecule has 23 heavy (non-hydrogen) atoms. The SMILES string of the molecule is N#Cc1cccc(-c2c(O)ccc3[nH]c(=O)c4sccc4c23)c1. The number of rotatable bonds is 1. The van der Waals surface area contributed by atoms with Gasteiger partial charge in [0, 0.05) is 21.9 Å². The first-order valence-corrected chi connectivity index (χ1v) is 7.82. The van der Waals surface area contributed by atoms with Gasteiger partial charge in [0.15, 0.2) is 0 Å². The summed E-state index contributed by atoms with van der Waals surface area (Å²) in [7, 11) is 0. The Bertz CT molecular complexity index is 1170. The highest BCUT2D eigenvalue weighted by Gasteiger charge is 2.15. The summed E-state index contributed by atoms with van der Waals surface area (Å²) in [5, 5.41) is 23.0. The number of aromatic nitrogens is 1. The van der Waals surface area contributed by atoms with E-state index in [1.54, 1.807) is 30.3 Å². The van der Waals surface area contributed by atoms with Crippen LogP contribution in [0.5, 0.6) is 5.75 Å². The van der Waals surface area contributed by atoms with E-state index in [1.165, 1.54) is 11.3 Å². The second-order valence-electron chi connectivity index (χ2n) is 5.19. The molecule has 0 saturated heterocycles. The van der Waals surface area contributed by atoms with Crippen LogP contribution in [0.2, 0.25) is 0 Å². The van der Waals surface area contributed by atoms with Gasteiger partial charge < -0.3 is 10.1 Å². The molecule has 0 aliphatic rings. The van der Waals surface area contributed by atoms with E-state index >= 15 is 0 Å². The molecule has 2 N–H and O–H groups in total. The van der Waals surface area contributed by atoms with Crippen LogP contribution in [0.15, 0.2) is 52.6 Å². The van der Waals surface area contributed by atoms with Crippen LogP contribution in [-0.4, -0.2) is 10.1 Å². The molecular weight excluding hydrogens is 308 g/mol. The third-order valence-corrected chi connectivity index (χ3v) is 4.77. The first kappa shape index (κ1) is 13.6. The Kier molecular flexibility index (Phi) is 2.93. The van der Waals surface area contributed by atoms with E-state index in [2.05, 4.69) is 11.1 Å². The lowest BCUT2D eigenvalue weighted by Gasteiger charge is -2.11. The molecule has 4 aromatic rings. The highest BCUT2D eigenvalue weighted by Crippen LogP contribution is 2.39. The molecule has 0 aliphatic carbocycles. The molecule has 2 heterocycles. The maximum Gasteiger partial charge on any atom is 0.266 e. The highest BCUT2D eigenvalue weighted by molar-refractivity contribution is 7.17. The van der Waals surface area contributed by atoms with E-state index < -0.39 is 0 Å². The molecule has 0 amide bonds. The number of aromatic hydroxyl groups is 1. The van der Waals surface area contributed by atoms with Crippen molar-refractivity contribution in [2.24, 2.45) is 0 Å². The minimum absolute atomic E-state index is 0.118. The van der Waals surface area contributed by atoms with Crippen molar-refractivity contribution in [2.45, 2.75) is 0 Å². The number of H-pyrrole nitrogens is 1. The number of hydrogen-bond donors (Lipinski definition) is 2. The van der Waals surface area contributed by atoms with E-state index in [0.717, 1.165) is 16.3 Å². The summed E-state index contributed by atoms with van der Waals surface area (Å²) in [6.45, 7) is 0. The molecule has 0 aliphatic heterocycles. The molecular formula is C18H10N2O2S. The van der Waals surface area contributed by atoms with Gasteiger partial charge in [0.05, 0.1) is 11.6 Å². The number of phenolic OH excluding ortho intramolecular Hbond substituents is 1. The zero-order valence-corrected chi connectivity index (χ0v) is 12.6. The maximum atomic E-state index is 12.1. The molecule has 0 atom stereocenters. The molecule has 110 valence electrons. The van der Waals surface area contributed by atoms with E-state index in [9.17, 15) is 9.90 Å². The Labute approximate surface area is 134 Å². The predicted octanol–water partition coefficient (Wildman–Crippen LogP) is 3.99. The van der Waals surface area contributed by atoms with Gasteiger partial charge in [-0.2, -0.15) is 5.26 Å². The van der Waals surface area contributed by atoms with Crippen molar-refractivity contribution >= 4 is 32.3 Å². The largest absolute Gasteiger partial charge is 0.507 e. The Hall–Kier alpha value is -3.10. The Morgan fingerprint density at radius 2 is 2.04 bits per heavy atom. The lowest BCUT2D eigenvalue weighted by atomic mass is 9.96. The molecule has 0 radical (unpaired) electrons. The number of thiophene rings is 1. The third kappa shape index (κ3) is 2.00. The fourth-order valence-electron chi connectivity index (χ4n) is 2.87. The molecule has 2 aromatic heterocycles. The van der Waals surface area contributed by atoms with Gasteiger partial charge >= 0.3 is 0 Å². The first-order chi connectivity index (χ1) is 11.2. The van der Waals surface area contributed by atoms with Gasteiger partial charge in [-0.3, -0.25) is 4.79 Å². The Morgan fingerprint density at radius 3 is 2.87 bits per heavy atom. The summed E-state index contributed by atoms with van der Waals surface area (Å²) in [4.78, 5) is 15.0. The van der Waals surface area contributed by atoms with Crippen molar-refractivity contribution in [1.29, 1.82) is 5.26 Å². The second-order valence-corrected chi connectivity index (χ2v) is 6.11. The minimum Gasteiger partial charge on any atom is -0.507 e. The summed E-state index contributed by atoms with van der Waals surface area (Å²) in [6, 6.07) is 14.3. The third-order valence-electron chi connectivity index (χ3n) is 3.85. The van der Waals surface area contributed by atoms with Gasteiger partial charge in [0.25, 0.3) is 5.56 Å². The van der Waals surface area contributed by atoms with Gasteiger partial charge in [0.2, 0.25) is 0 Å². The van der Waals surface area contributed by atoms with Crippen LogP contribution in [0.4, 0.5) is 0 Å².